The number of piperidine rings is 1. The summed E-state index contributed by atoms with van der Waals surface area (Å²) in [5, 5.41) is 3.23. The van der Waals surface area contributed by atoms with Crippen molar-refractivity contribution in [3.05, 3.63) is 0 Å². The second kappa shape index (κ2) is 7.18. The lowest BCUT2D eigenvalue weighted by Crippen LogP contribution is -2.44. The normalized spacial score (nSPS) is 22.9. The highest BCUT2D eigenvalue weighted by molar-refractivity contribution is 4.76. The highest BCUT2D eigenvalue weighted by Gasteiger charge is 2.27. The Balaban J connectivity index is 2.02. The van der Waals surface area contributed by atoms with Gasteiger partial charge in [-0.3, -0.25) is 0 Å². The van der Waals surface area contributed by atoms with Crippen molar-refractivity contribution in [2.75, 3.05) is 39.9 Å². The molecule has 1 fully saturated rings. The van der Waals surface area contributed by atoms with Crippen LogP contribution in [0.25, 0.3) is 0 Å². The number of hydrogen-bond acceptors (Lipinski definition) is 3. The predicted molar refractivity (Wildman–Crippen MR) is 60.0 cm³/mol. The quantitative estimate of drug-likeness (QED) is 0.729. The maximum absolute atomic E-state index is 11.8. The molecule has 1 aliphatic rings. The Labute approximate surface area is 100 Å². The first-order valence-corrected chi connectivity index (χ1v) is 6.05. The summed E-state index contributed by atoms with van der Waals surface area (Å²) in [6.45, 7) is 1.88. The van der Waals surface area contributed by atoms with Gasteiger partial charge in [-0.2, -0.15) is 13.2 Å². The molecule has 1 N–H and O–H groups in total. The number of halogens is 3. The lowest BCUT2D eigenvalue weighted by Gasteiger charge is -2.32. The van der Waals surface area contributed by atoms with Gasteiger partial charge in [-0.1, -0.05) is 0 Å². The van der Waals surface area contributed by atoms with Crippen molar-refractivity contribution in [2.45, 2.75) is 31.5 Å². The van der Waals surface area contributed by atoms with E-state index in [0.29, 0.717) is 12.5 Å². The molecule has 0 aromatic rings. The number of hydrogen-bond donors (Lipinski definition) is 1. The van der Waals surface area contributed by atoms with Crippen molar-refractivity contribution in [3.8, 4) is 0 Å². The average molecular weight is 254 g/mol. The lowest BCUT2D eigenvalue weighted by molar-refractivity contribution is -0.174. The molecule has 102 valence electrons. The molecule has 6 heteroatoms. The molecule has 0 aliphatic carbocycles. The molecule has 3 nitrogen and oxygen atoms in total. The molecule has 17 heavy (non-hydrogen) atoms. The van der Waals surface area contributed by atoms with Crippen LogP contribution in [0, 0.1) is 0 Å². The molecule has 0 amide bonds. The third-order valence-corrected chi connectivity index (χ3v) is 2.94. The molecule has 0 aromatic heterocycles. The summed E-state index contributed by atoms with van der Waals surface area (Å²) in [6, 6.07) is 0.514. The Hall–Kier alpha value is -0.330. The van der Waals surface area contributed by atoms with Crippen molar-refractivity contribution in [1.29, 1.82) is 0 Å². The molecular weight excluding hydrogens is 233 g/mol. The van der Waals surface area contributed by atoms with E-state index in [-0.39, 0.29) is 6.61 Å². The monoisotopic (exact) mass is 254 g/mol. The summed E-state index contributed by atoms with van der Waals surface area (Å²) >= 11 is 0. The first-order valence-electron chi connectivity index (χ1n) is 6.05. The number of likely N-dealkylation sites (N-methyl/N-ethyl adjacent to an activating group) is 1. The predicted octanol–water partition coefficient (Wildman–Crippen LogP) is 1.64. The molecule has 0 radical (unpaired) electrons. The van der Waals surface area contributed by atoms with Crippen LogP contribution < -0.4 is 5.32 Å². The van der Waals surface area contributed by atoms with Gasteiger partial charge in [-0.25, -0.2) is 0 Å². The van der Waals surface area contributed by atoms with E-state index in [1.165, 1.54) is 6.42 Å². The highest BCUT2D eigenvalue weighted by Crippen LogP contribution is 2.14. The minimum atomic E-state index is -4.21. The van der Waals surface area contributed by atoms with Gasteiger partial charge in [0.2, 0.25) is 0 Å². The van der Waals surface area contributed by atoms with Gasteiger partial charge in [0.05, 0.1) is 0 Å². The molecule has 1 unspecified atom stereocenters. The second-order valence-corrected chi connectivity index (χ2v) is 4.45. The van der Waals surface area contributed by atoms with E-state index >= 15 is 0 Å². The van der Waals surface area contributed by atoms with E-state index in [1.807, 2.05) is 7.05 Å². The zero-order valence-electron chi connectivity index (χ0n) is 10.2. The minimum Gasteiger partial charge on any atom is -0.372 e. The molecule has 1 saturated heterocycles. The Kier molecular flexibility index (Phi) is 6.22. The van der Waals surface area contributed by atoms with Gasteiger partial charge in [0, 0.05) is 25.7 Å². The summed E-state index contributed by atoms with van der Waals surface area (Å²) in [5.41, 5.74) is 0. The molecule has 0 bridgehead atoms. The third kappa shape index (κ3) is 6.85. The molecule has 0 saturated carbocycles. The summed E-state index contributed by atoms with van der Waals surface area (Å²) < 4.78 is 39.9. The standard InChI is InChI=1S/C11H21F3N2O/c1-15-10-4-2-5-16(8-10)6-3-7-17-9-11(12,13)14/h10,15H,2-9H2,1H3. The van der Waals surface area contributed by atoms with Gasteiger partial charge in [0.25, 0.3) is 0 Å². The second-order valence-electron chi connectivity index (χ2n) is 4.45. The van der Waals surface area contributed by atoms with E-state index in [1.54, 1.807) is 0 Å². The molecule has 1 atom stereocenters. The van der Waals surface area contributed by atoms with E-state index < -0.39 is 12.8 Å². The Morgan fingerprint density at radius 3 is 2.82 bits per heavy atom. The van der Waals surface area contributed by atoms with Gasteiger partial charge in [0.15, 0.2) is 0 Å². The van der Waals surface area contributed by atoms with Gasteiger partial charge in [-0.05, 0) is 32.9 Å². The van der Waals surface area contributed by atoms with Crippen LogP contribution in [0.5, 0.6) is 0 Å². The Bertz CT molecular complexity index is 211. The molecule has 1 rings (SSSR count). The summed E-state index contributed by atoms with van der Waals surface area (Å²) in [7, 11) is 1.95. The molecule has 0 spiro atoms. The largest absolute Gasteiger partial charge is 0.411 e. The Morgan fingerprint density at radius 1 is 1.41 bits per heavy atom. The maximum Gasteiger partial charge on any atom is 0.411 e. The van der Waals surface area contributed by atoms with Crippen LogP contribution >= 0.6 is 0 Å². The average Bonchev–Trinajstić information content (AvgIpc) is 2.27. The number of nitrogens with one attached hydrogen (secondary N) is 1. The number of nitrogens with zero attached hydrogens (tertiary/aromatic N) is 1. The smallest absolute Gasteiger partial charge is 0.372 e. The van der Waals surface area contributed by atoms with Crippen LogP contribution in [0.4, 0.5) is 13.2 Å². The Morgan fingerprint density at radius 2 is 2.18 bits per heavy atom. The molecule has 0 aromatic carbocycles. The van der Waals surface area contributed by atoms with Crippen LogP contribution in [0.3, 0.4) is 0 Å². The number of likely N-dealkylation sites (tertiary alicyclic amines) is 1. The minimum absolute atomic E-state index is 0.181. The summed E-state index contributed by atoms with van der Waals surface area (Å²) in [4.78, 5) is 2.28. The number of rotatable bonds is 6. The number of alkyl halides is 3. The number of ether oxygens (including phenoxy) is 1. The zero-order chi connectivity index (χ0) is 12.7. The summed E-state index contributed by atoms with van der Waals surface area (Å²) in [5.74, 6) is 0. The van der Waals surface area contributed by atoms with E-state index in [0.717, 1.165) is 26.1 Å². The van der Waals surface area contributed by atoms with Gasteiger partial charge in [0.1, 0.15) is 6.61 Å². The van der Waals surface area contributed by atoms with Gasteiger partial charge < -0.3 is 15.0 Å². The van der Waals surface area contributed by atoms with Crippen LogP contribution in [-0.4, -0.2) is 57.0 Å². The van der Waals surface area contributed by atoms with Crippen molar-refractivity contribution < 1.29 is 17.9 Å². The van der Waals surface area contributed by atoms with E-state index in [9.17, 15) is 13.2 Å². The van der Waals surface area contributed by atoms with Crippen LogP contribution in [0.15, 0.2) is 0 Å². The molecular formula is C11H21F3N2O. The fraction of sp³-hybridized carbons (Fsp3) is 1.00. The summed E-state index contributed by atoms with van der Waals surface area (Å²) in [6.07, 6.45) is -1.22. The van der Waals surface area contributed by atoms with Crippen molar-refractivity contribution in [3.63, 3.8) is 0 Å². The first-order chi connectivity index (χ1) is 8.01. The van der Waals surface area contributed by atoms with Crippen LogP contribution in [0.1, 0.15) is 19.3 Å². The zero-order valence-corrected chi connectivity index (χ0v) is 10.2. The van der Waals surface area contributed by atoms with Crippen LogP contribution in [0.2, 0.25) is 0 Å². The van der Waals surface area contributed by atoms with Crippen LogP contribution in [-0.2, 0) is 4.74 Å². The van der Waals surface area contributed by atoms with Crippen molar-refractivity contribution in [2.24, 2.45) is 0 Å². The lowest BCUT2D eigenvalue weighted by atomic mass is 10.1. The maximum atomic E-state index is 11.8. The van der Waals surface area contributed by atoms with E-state index in [4.69, 9.17) is 0 Å². The van der Waals surface area contributed by atoms with E-state index in [2.05, 4.69) is 15.0 Å². The highest BCUT2D eigenvalue weighted by atomic mass is 19.4. The fourth-order valence-electron chi connectivity index (χ4n) is 2.07. The fourth-order valence-corrected chi connectivity index (χ4v) is 2.07. The van der Waals surface area contributed by atoms with Crippen molar-refractivity contribution >= 4 is 0 Å². The molecule has 1 aliphatic heterocycles. The SMILES string of the molecule is CNC1CCCN(CCCOCC(F)(F)F)C1. The molecule has 1 heterocycles. The topological polar surface area (TPSA) is 24.5 Å². The first kappa shape index (κ1) is 14.7. The van der Waals surface area contributed by atoms with Crippen molar-refractivity contribution in [1.82, 2.24) is 10.2 Å². The van der Waals surface area contributed by atoms with Gasteiger partial charge in [-0.15, -0.1) is 0 Å². The van der Waals surface area contributed by atoms with Gasteiger partial charge >= 0.3 is 6.18 Å². The third-order valence-electron chi connectivity index (χ3n) is 2.94.